The van der Waals surface area contributed by atoms with Crippen LogP contribution >= 0.6 is 0 Å². The molecule has 0 aromatic rings. The smallest absolute Gasteiger partial charge is 0.168 e. The molecule has 18 heavy (non-hydrogen) atoms. The van der Waals surface area contributed by atoms with Crippen molar-refractivity contribution in [3.05, 3.63) is 0 Å². The van der Waals surface area contributed by atoms with Crippen molar-refractivity contribution in [2.45, 2.75) is 39.2 Å². The number of amidine groups is 1. The highest BCUT2D eigenvalue weighted by Gasteiger charge is 2.08. The Morgan fingerprint density at radius 2 is 2.17 bits per heavy atom. The van der Waals surface area contributed by atoms with Crippen LogP contribution in [0.1, 0.15) is 33.1 Å². The van der Waals surface area contributed by atoms with E-state index in [9.17, 15) is 0 Å². The quantitative estimate of drug-likeness (QED) is 0.143. The van der Waals surface area contributed by atoms with Crippen LogP contribution in [0.3, 0.4) is 0 Å². The van der Waals surface area contributed by atoms with Gasteiger partial charge in [0.1, 0.15) is 6.10 Å². The summed E-state index contributed by atoms with van der Waals surface area (Å²) in [5.74, 6) is 0.598. The third kappa shape index (κ3) is 8.27. The van der Waals surface area contributed by atoms with Gasteiger partial charge in [0.2, 0.25) is 0 Å². The zero-order chi connectivity index (χ0) is 13.8. The first kappa shape index (κ1) is 17.2. The van der Waals surface area contributed by atoms with Crippen LogP contribution < -0.4 is 11.1 Å². The lowest BCUT2D eigenvalue weighted by molar-refractivity contribution is 0.107. The zero-order valence-corrected chi connectivity index (χ0v) is 11.4. The molecule has 2 atom stereocenters. The Balaban J connectivity index is 3.59. The van der Waals surface area contributed by atoms with Crippen molar-refractivity contribution >= 4 is 5.84 Å². The van der Waals surface area contributed by atoms with Gasteiger partial charge in [-0.3, -0.25) is 0 Å². The first-order chi connectivity index (χ1) is 8.65. The van der Waals surface area contributed by atoms with Crippen molar-refractivity contribution in [1.29, 1.82) is 0 Å². The van der Waals surface area contributed by atoms with Crippen molar-refractivity contribution in [3.8, 4) is 0 Å². The summed E-state index contributed by atoms with van der Waals surface area (Å²) in [7, 11) is 0. The Morgan fingerprint density at radius 3 is 2.72 bits per heavy atom. The normalized spacial score (nSPS) is 15.6. The predicted octanol–water partition coefficient (Wildman–Crippen LogP) is 0.526. The van der Waals surface area contributed by atoms with Gasteiger partial charge in [0.05, 0.1) is 6.61 Å². The molecular weight excluding hydrogens is 234 g/mol. The molecule has 0 rings (SSSR count). The van der Waals surface area contributed by atoms with Gasteiger partial charge >= 0.3 is 0 Å². The molecule has 0 fully saturated rings. The summed E-state index contributed by atoms with van der Waals surface area (Å²) >= 11 is 0. The van der Waals surface area contributed by atoms with Crippen LogP contribution in [0.15, 0.2) is 5.16 Å². The lowest BCUT2D eigenvalue weighted by Gasteiger charge is -2.16. The fraction of sp³-hybridized carbons (Fsp3) is 0.917. The summed E-state index contributed by atoms with van der Waals surface area (Å²) < 4.78 is 5.37. The monoisotopic (exact) mass is 261 g/mol. The van der Waals surface area contributed by atoms with Crippen LogP contribution in [-0.2, 0) is 4.74 Å². The van der Waals surface area contributed by atoms with Gasteiger partial charge in [0.25, 0.3) is 0 Å². The molecule has 2 unspecified atom stereocenters. The first-order valence-corrected chi connectivity index (χ1v) is 6.56. The Morgan fingerprint density at radius 1 is 1.44 bits per heavy atom. The second kappa shape index (κ2) is 11.3. The van der Waals surface area contributed by atoms with Crippen LogP contribution in [0.4, 0.5) is 0 Å². The van der Waals surface area contributed by atoms with Crippen LogP contribution in [0.25, 0.3) is 0 Å². The van der Waals surface area contributed by atoms with E-state index in [1.54, 1.807) is 6.92 Å². The van der Waals surface area contributed by atoms with Gasteiger partial charge in [0, 0.05) is 13.2 Å². The fourth-order valence-electron chi connectivity index (χ4n) is 1.72. The van der Waals surface area contributed by atoms with E-state index in [1.807, 2.05) is 0 Å². The highest BCUT2D eigenvalue weighted by Crippen LogP contribution is 2.08. The molecule has 0 saturated heterocycles. The molecule has 5 N–H and O–H groups in total. The van der Waals surface area contributed by atoms with E-state index in [4.69, 9.17) is 20.8 Å². The van der Waals surface area contributed by atoms with Crippen LogP contribution in [-0.4, -0.2) is 48.6 Å². The number of ether oxygens (including phenoxy) is 1. The number of oxime groups is 1. The zero-order valence-electron chi connectivity index (χ0n) is 11.4. The van der Waals surface area contributed by atoms with Gasteiger partial charge in [-0.05, 0) is 32.2 Å². The molecule has 0 amide bonds. The average Bonchev–Trinajstić information content (AvgIpc) is 2.37. The summed E-state index contributed by atoms with van der Waals surface area (Å²) in [6.07, 6.45) is 2.71. The van der Waals surface area contributed by atoms with Crippen molar-refractivity contribution in [3.63, 3.8) is 0 Å². The number of rotatable bonds is 11. The number of aliphatic hydroxyl groups is 1. The van der Waals surface area contributed by atoms with E-state index >= 15 is 0 Å². The van der Waals surface area contributed by atoms with E-state index in [0.717, 1.165) is 25.8 Å². The molecule has 0 aliphatic carbocycles. The number of aliphatic hydroxyl groups excluding tert-OH is 1. The lowest BCUT2D eigenvalue weighted by Crippen LogP contribution is -2.32. The minimum Gasteiger partial charge on any atom is -0.409 e. The first-order valence-electron chi connectivity index (χ1n) is 6.56. The molecule has 0 aromatic heterocycles. The molecule has 0 bridgehead atoms. The Kier molecular flexibility index (Phi) is 10.7. The number of nitrogens with one attached hydrogen (secondary N) is 1. The van der Waals surface area contributed by atoms with E-state index < -0.39 is 0 Å². The van der Waals surface area contributed by atoms with Crippen LogP contribution in [0.5, 0.6) is 0 Å². The highest BCUT2D eigenvalue weighted by atomic mass is 16.5. The maximum atomic E-state index is 8.92. The van der Waals surface area contributed by atoms with Gasteiger partial charge < -0.3 is 26.1 Å². The minimum atomic E-state index is -0.374. The molecule has 0 heterocycles. The summed E-state index contributed by atoms with van der Waals surface area (Å²) in [5, 5.41) is 23.5. The molecule has 0 aliphatic rings. The topological polar surface area (TPSA) is 100 Å². The predicted molar refractivity (Wildman–Crippen MR) is 71.8 cm³/mol. The Hall–Kier alpha value is -0.850. The van der Waals surface area contributed by atoms with Crippen LogP contribution in [0, 0.1) is 5.92 Å². The van der Waals surface area contributed by atoms with Gasteiger partial charge in [-0.2, -0.15) is 0 Å². The van der Waals surface area contributed by atoms with Gasteiger partial charge in [-0.1, -0.05) is 18.5 Å². The molecule has 0 spiro atoms. The largest absolute Gasteiger partial charge is 0.409 e. The van der Waals surface area contributed by atoms with Gasteiger partial charge in [0.15, 0.2) is 5.84 Å². The molecular formula is C12H27N3O3. The summed E-state index contributed by atoms with van der Waals surface area (Å²) in [6.45, 7) is 6.23. The summed E-state index contributed by atoms with van der Waals surface area (Å²) in [6, 6.07) is 0. The van der Waals surface area contributed by atoms with Crippen molar-refractivity contribution in [2.24, 2.45) is 16.8 Å². The van der Waals surface area contributed by atoms with Crippen molar-refractivity contribution < 1.29 is 15.1 Å². The number of nitrogens with two attached hydrogens (primary N) is 1. The minimum absolute atomic E-state index is 0.0825. The average molecular weight is 261 g/mol. The molecule has 6 nitrogen and oxygen atoms in total. The van der Waals surface area contributed by atoms with E-state index in [2.05, 4.69) is 17.4 Å². The highest BCUT2D eigenvalue weighted by molar-refractivity contribution is 5.83. The second-order valence-corrected chi connectivity index (χ2v) is 4.41. The number of hydrogen-bond acceptors (Lipinski definition) is 5. The second-order valence-electron chi connectivity index (χ2n) is 4.41. The third-order valence-corrected chi connectivity index (χ3v) is 2.85. The Labute approximate surface area is 109 Å². The van der Waals surface area contributed by atoms with Crippen molar-refractivity contribution in [2.75, 3.05) is 26.3 Å². The number of nitrogens with zero attached hydrogens (tertiary/aromatic N) is 1. The molecule has 0 radical (unpaired) electrons. The molecule has 0 saturated carbocycles. The lowest BCUT2D eigenvalue weighted by atomic mass is 10.0. The molecule has 6 heteroatoms. The fourth-order valence-corrected chi connectivity index (χ4v) is 1.72. The summed E-state index contributed by atoms with van der Waals surface area (Å²) in [4.78, 5) is 0. The Bertz CT molecular complexity index is 219. The SMILES string of the molecule is CCCC(CCO)CNCCOC(C)C(N)=NO. The van der Waals surface area contributed by atoms with Crippen LogP contribution in [0.2, 0.25) is 0 Å². The van der Waals surface area contributed by atoms with Gasteiger partial charge in [-0.15, -0.1) is 0 Å². The maximum Gasteiger partial charge on any atom is 0.168 e. The van der Waals surface area contributed by atoms with Gasteiger partial charge in [-0.25, -0.2) is 0 Å². The third-order valence-electron chi connectivity index (χ3n) is 2.85. The van der Waals surface area contributed by atoms with E-state index in [-0.39, 0.29) is 18.5 Å². The van der Waals surface area contributed by atoms with Crippen molar-refractivity contribution in [1.82, 2.24) is 5.32 Å². The maximum absolute atomic E-state index is 8.92. The molecule has 108 valence electrons. The summed E-state index contributed by atoms with van der Waals surface area (Å²) in [5.41, 5.74) is 5.39. The van der Waals surface area contributed by atoms with E-state index in [1.165, 1.54) is 0 Å². The number of hydrogen-bond donors (Lipinski definition) is 4. The standard InChI is InChI=1S/C12H27N3O3/c1-3-4-11(5-7-16)9-14-6-8-18-10(2)12(13)15-17/h10-11,14,16-17H,3-9H2,1-2H3,(H2,13,15). The molecule has 0 aromatic carbocycles. The van der Waals surface area contributed by atoms with E-state index in [0.29, 0.717) is 19.1 Å². The molecule has 0 aliphatic heterocycles.